The van der Waals surface area contributed by atoms with Gasteiger partial charge in [0.15, 0.2) is 0 Å². The summed E-state index contributed by atoms with van der Waals surface area (Å²) in [5.41, 5.74) is 6.38. The quantitative estimate of drug-likeness (QED) is 0.802. The number of aromatic nitrogens is 2. The van der Waals surface area contributed by atoms with Crippen LogP contribution in [0.25, 0.3) is 11.1 Å². The largest absolute Gasteiger partial charge is 0.326 e. The number of nitrogens with one attached hydrogen (secondary N) is 1. The van der Waals surface area contributed by atoms with E-state index in [1.165, 1.54) is 5.56 Å². The highest BCUT2D eigenvalue weighted by Gasteiger charge is 2.17. The van der Waals surface area contributed by atoms with Gasteiger partial charge in [0.05, 0.1) is 6.42 Å². The van der Waals surface area contributed by atoms with Crippen LogP contribution < -0.4 is 5.32 Å². The third-order valence-corrected chi connectivity index (χ3v) is 4.26. The van der Waals surface area contributed by atoms with E-state index in [2.05, 4.69) is 27.4 Å². The number of nitrogens with zero attached hydrogens (tertiary/aromatic N) is 2. The van der Waals surface area contributed by atoms with Crippen LogP contribution in [0.3, 0.4) is 0 Å². The number of hydrogen-bond acceptors (Lipinski definition) is 3. The van der Waals surface area contributed by atoms with Crippen LogP contribution in [-0.4, -0.2) is 15.9 Å². The maximum Gasteiger partial charge on any atom is 0.228 e. The Balaban J connectivity index is 1.55. The summed E-state index contributed by atoms with van der Waals surface area (Å²) in [5.74, 6) is 0.0596. The van der Waals surface area contributed by atoms with Crippen LogP contribution in [0.2, 0.25) is 0 Å². The smallest absolute Gasteiger partial charge is 0.228 e. The number of anilines is 1. The Kier molecular flexibility index (Phi) is 3.79. The summed E-state index contributed by atoms with van der Waals surface area (Å²) < 4.78 is 0. The van der Waals surface area contributed by atoms with Gasteiger partial charge in [0, 0.05) is 35.5 Å². The van der Waals surface area contributed by atoms with Gasteiger partial charge in [-0.1, -0.05) is 18.2 Å². The molecule has 1 aromatic carbocycles. The van der Waals surface area contributed by atoms with Crippen LogP contribution in [0.15, 0.2) is 61.1 Å². The highest BCUT2D eigenvalue weighted by Crippen LogP contribution is 2.29. The minimum atomic E-state index is 0.0596. The Labute approximate surface area is 140 Å². The van der Waals surface area contributed by atoms with E-state index >= 15 is 0 Å². The highest BCUT2D eigenvalue weighted by molar-refractivity contribution is 5.99. The lowest BCUT2D eigenvalue weighted by Gasteiger charge is -2.07. The number of pyridine rings is 2. The predicted octanol–water partition coefficient (Wildman–Crippen LogP) is 3.42. The lowest BCUT2D eigenvalue weighted by molar-refractivity contribution is -0.115. The summed E-state index contributed by atoms with van der Waals surface area (Å²) in [5, 5.41) is 2.90. The van der Waals surface area contributed by atoms with Crippen molar-refractivity contribution < 1.29 is 4.79 Å². The zero-order valence-corrected chi connectivity index (χ0v) is 13.2. The fourth-order valence-corrected chi connectivity index (χ4v) is 2.99. The lowest BCUT2D eigenvalue weighted by atomic mass is 10.0. The van der Waals surface area contributed by atoms with Crippen molar-refractivity contribution >= 4 is 11.6 Å². The molecule has 0 atom stereocenters. The van der Waals surface area contributed by atoms with Crippen LogP contribution in [-0.2, 0) is 24.1 Å². The van der Waals surface area contributed by atoms with Crippen molar-refractivity contribution in [3.8, 4) is 11.1 Å². The van der Waals surface area contributed by atoms with Gasteiger partial charge in [-0.15, -0.1) is 0 Å². The van der Waals surface area contributed by atoms with Gasteiger partial charge in [-0.3, -0.25) is 14.8 Å². The van der Waals surface area contributed by atoms with E-state index in [0.29, 0.717) is 6.42 Å². The van der Waals surface area contributed by atoms with E-state index in [1.807, 2.05) is 48.9 Å². The minimum absolute atomic E-state index is 0.0596. The maximum absolute atomic E-state index is 11.5. The van der Waals surface area contributed by atoms with E-state index in [9.17, 15) is 4.79 Å². The van der Waals surface area contributed by atoms with Gasteiger partial charge in [0.1, 0.15) is 0 Å². The molecule has 24 heavy (non-hydrogen) atoms. The molecule has 0 unspecified atom stereocenters. The number of carbonyl (C=O) groups is 1. The molecule has 0 fully saturated rings. The molecule has 1 N–H and O–H groups in total. The number of aryl methyl sites for hydroxylation is 2. The van der Waals surface area contributed by atoms with Gasteiger partial charge in [-0.25, -0.2) is 0 Å². The molecule has 3 heterocycles. The molecule has 4 nitrogen and oxygen atoms in total. The van der Waals surface area contributed by atoms with E-state index in [-0.39, 0.29) is 5.91 Å². The molecular weight excluding hydrogens is 298 g/mol. The average molecular weight is 315 g/mol. The maximum atomic E-state index is 11.5. The summed E-state index contributed by atoms with van der Waals surface area (Å²) in [4.78, 5) is 20.2. The molecule has 118 valence electrons. The molecule has 0 spiro atoms. The van der Waals surface area contributed by atoms with Gasteiger partial charge < -0.3 is 5.32 Å². The Morgan fingerprint density at radius 3 is 2.83 bits per heavy atom. The monoisotopic (exact) mass is 315 g/mol. The van der Waals surface area contributed by atoms with Crippen LogP contribution in [0, 0.1) is 0 Å². The average Bonchev–Trinajstić information content (AvgIpc) is 3.00. The number of amides is 1. The fourth-order valence-electron chi connectivity index (χ4n) is 2.99. The van der Waals surface area contributed by atoms with Crippen molar-refractivity contribution in [3.63, 3.8) is 0 Å². The number of fused-ring (bicyclic) bond motifs is 1. The minimum Gasteiger partial charge on any atom is -0.326 e. The second kappa shape index (κ2) is 6.24. The SMILES string of the molecule is O=C1Cc2ccc(-c3cncc(CCc4ccccn4)c3)cc2N1. The van der Waals surface area contributed by atoms with Crippen LogP contribution in [0.1, 0.15) is 16.8 Å². The zero-order valence-electron chi connectivity index (χ0n) is 13.2. The van der Waals surface area contributed by atoms with Gasteiger partial charge in [-0.05, 0) is 53.8 Å². The Morgan fingerprint density at radius 1 is 1.00 bits per heavy atom. The van der Waals surface area contributed by atoms with Crippen molar-refractivity contribution in [2.24, 2.45) is 0 Å². The molecule has 2 aromatic heterocycles. The van der Waals surface area contributed by atoms with Crippen molar-refractivity contribution in [1.29, 1.82) is 0 Å². The first-order chi connectivity index (χ1) is 11.8. The Hall–Kier alpha value is -3.01. The Bertz CT molecular complexity index is 890. The van der Waals surface area contributed by atoms with Crippen molar-refractivity contribution in [2.75, 3.05) is 5.32 Å². The normalized spacial score (nSPS) is 12.8. The molecule has 0 saturated carbocycles. The zero-order chi connectivity index (χ0) is 16.4. The topological polar surface area (TPSA) is 54.9 Å². The van der Waals surface area contributed by atoms with Gasteiger partial charge in [-0.2, -0.15) is 0 Å². The second-order valence-electron chi connectivity index (χ2n) is 6.00. The van der Waals surface area contributed by atoms with E-state index < -0.39 is 0 Å². The first-order valence-corrected chi connectivity index (χ1v) is 8.05. The first-order valence-electron chi connectivity index (χ1n) is 8.05. The molecule has 3 aromatic rings. The number of carbonyl (C=O) groups excluding carboxylic acids is 1. The van der Waals surface area contributed by atoms with Crippen molar-refractivity contribution in [3.05, 3.63) is 77.9 Å². The number of rotatable bonds is 4. The van der Waals surface area contributed by atoms with Crippen LogP contribution in [0.4, 0.5) is 5.69 Å². The third-order valence-electron chi connectivity index (χ3n) is 4.26. The lowest BCUT2D eigenvalue weighted by Crippen LogP contribution is -2.03. The predicted molar refractivity (Wildman–Crippen MR) is 93.7 cm³/mol. The van der Waals surface area contributed by atoms with Crippen molar-refractivity contribution in [1.82, 2.24) is 9.97 Å². The second-order valence-corrected chi connectivity index (χ2v) is 6.00. The van der Waals surface area contributed by atoms with E-state index in [4.69, 9.17) is 0 Å². The highest BCUT2D eigenvalue weighted by atomic mass is 16.1. The summed E-state index contributed by atoms with van der Waals surface area (Å²) in [7, 11) is 0. The number of benzene rings is 1. The van der Waals surface area contributed by atoms with Crippen LogP contribution in [0.5, 0.6) is 0 Å². The molecule has 0 aliphatic carbocycles. The van der Waals surface area contributed by atoms with Crippen molar-refractivity contribution in [2.45, 2.75) is 19.3 Å². The molecule has 1 aliphatic heterocycles. The molecular formula is C20H17N3O. The van der Waals surface area contributed by atoms with Gasteiger partial charge in [0.25, 0.3) is 0 Å². The molecule has 0 radical (unpaired) electrons. The van der Waals surface area contributed by atoms with Gasteiger partial charge >= 0.3 is 0 Å². The standard InChI is InChI=1S/C20H17N3O/c24-20-11-16-6-5-15(10-19(16)23-20)17-9-14(12-21-13-17)4-7-18-3-1-2-8-22-18/h1-3,5-6,8-10,12-13H,4,7,11H2,(H,23,24). The van der Waals surface area contributed by atoms with Crippen LogP contribution >= 0.6 is 0 Å². The summed E-state index contributed by atoms with van der Waals surface area (Å²) in [6, 6.07) is 14.2. The molecule has 0 saturated heterocycles. The molecule has 1 amide bonds. The van der Waals surface area contributed by atoms with E-state index in [1.54, 1.807) is 0 Å². The van der Waals surface area contributed by atoms with Gasteiger partial charge in [0.2, 0.25) is 5.91 Å². The number of hydrogen-bond donors (Lipinski definition) is 1. The fraction of sp³-hybridized carbons (Fsp3) is 0.150. The summed E-state index contributed by atoms with van der Waals surface area (Å²) in [6.45, 7) is 0. The molecule has 4 heteroatoms. The Morgan fingerprint density at radius 2 is 1.96 bits per heavy atom. The summed E-state index contributed by atoms with van der Waals surface area (Å²) in [6.07, 6.45) is 7.86. The first kappa shape index (κ1) is 14.6. The molecule has 1 aliphatic rings. The van der Waals surface area contributed by atoms with E-state index in [0.717, 1.165) is 40.9 Å². The molecule has 4 rings (SSSR count). The summed E-state index contributed by atoms with van der Waals surface area (Å²) >= 11 is 0. The third kappa shape index (κ3) is 3.04. The molecule has 0 bridgehead atoms.